The number of halogens is 1. The number of nitrogens with zero attached hydrogens (tertiary/aromatic N) is 4. The van der Waals surface area contributed by atoms with Crippen LogP contribution in [0, 0.1) is 5.82 Å². The predicted octanol–water partition coefficient (Wildman–Crippen LogP) is 5.34. The molecule has 1 unspecified atom stereocenters. The number of carbonyl (C=O) groups is 1. The number of benzene rings is 3. The second kappa shape index (κ2) is 11.0. The van der Waals surface area contributed by atoms with Crippen LogP contribution in [-0.4, -0.2) is 41.4 Å². The Morgan fingerprint density at radius 2 is 1.86 bits per heavy atom. The highest BCUT2D eigenvalue weighted by molar-refractivity contribution is 5.88. The molecule has 0 aliphatic carbocycles. The molecule has 0 fully saturated rings. The molecule has 0 aliphatic rings. The van der Waals surface area contributed by atoms with Crippen LogP contribution in [0.3, 0.4) is 0 Å². The van der Waals surface area contributed by atoms with E-state index in [4.69, 9.17) is 14.8 Å². The Bertz CT molecular complexity index is 1340. The zero-order chi connectivity index (χ0) is 25.7. The number of nitrogens with one attached hydrogen (secondary N) is 1. The number of anilines is 2. The molecule has 4 aromatic rings. The van der Waals surface area contributed by atoms with E-state index < -0.39 is 0 Å². The molecule has 1 amide bonds. The van der Waals surface area contributed by atoms with Crippen molar-refractivity contribution in [2.24, 2.45) is 0 Å². The molecule has 0 bridgehead atoms. The Balaban J connectivity index is 1.66. The van der Waals surface area contributed by atoms with Crippen LogP contribution in [0.2, 0.25) is 0 Å². The van der Waals surface area contributed by atoms with Crippen LogP contribution in [0.15, 0.2) is 72.8 Å². The topological polar surface area (TPSA) is 72.3 Å². The molecule has 0 saturated heterocycles. The van der Waals surface area contributed by atoms with Crippen LogP contribution < -0.4 is 15.0 Å². The number of ether oxygens (including phenoxy) is 1. The normalized spacial score (nSPS) is 11.7. The van der Waals surface area contributed by atoms with Crippen molar-refractivity contribution in [3.8, 4) is 17.1 Å². The summed E-state index contributed by atoms with van der Waals surface area (Å²) in [7, 11) is 3.73. The van der Waals surface area contributed by atoms with Crippen LogP contribution in [0.1, 0.15) is 31.3 Å². The van der Waals surface area contributed by atoms with Gasteiger partial charge in [-0.3, -0.25) is 4.79 Å². The summed E-state index contributed by atoms with van der Waals surface area (Å²) in [6, 6.07) is 22.0. The van der Waals surface area contributed by atoms with Gasteiger partial charge in [-0.1, -0.05) is 30.3 Å². The largest absolute Gasteiger partial charge is 0.491 e. The van der Waals surface area contributed by atoms with Gasteiger partial charge in [0.25, 0.3) is 0 Å². The van der Waals surface area contributed by atoms with E-state index in [1.165, 1.54) is 13.0 Å². The molecular formula is C28H30FN5O2. The van der Waals surface area contributed by atoms with Crippen molar-refractivity contribution in [1.82, 2.24) is 14.8 Å². The molecule has 0 saturated carbocycles. The molecule has 1 atom stereocenters. The van der Waals surface area contributed by atoms with Gasteiger partial charge in [-0.2, -0.15) is 5.10 Å². The number of amides is 1. The summed E-state index contributed by atoms with van der Waals surface area (Å²) in [6.07, 6.45) is 0.452. The maximum Gasteiger partial charge on any atom is 0.221 e. The van der Waals surface area contributed by atoms with Gasteiger partial charge in [0.15, 0.2) is 5.82 Å². The fourth-order valence-electron chi connectivity index (χ4n) is 3.86. The van der Waals surface area contributed by atoms with Crippen LogP contribution >= 0.6 is 0 Å². The molecular weight excluding hydrogens is 457 g/mol. The van der Waals surface area contributed by atoms with E-state index in [1.807, 2.05) is 86.6 Å². The zero-order valence-corrected chi connectivity index (χ0v) is 20.9. The number of rotatable bonds is 9. The first-order valence-corrected chi connectivity index (χ1v) is 11.8. The summed E-state index contributed by atoms with van der Waals surface area (Å²) >= 11 is 0. The Morgan fingerprint density at radius 3 is 2.56 bits per heavy atom. The van der Waals surface area contributed by atoms with Gasteiger partial charge in [-0.05, 0) is 55.0 Å². The van der Waals surface area contributed by atoms with E-state index in [9.17, 15) is 4.79 Å². The lowest BCUT2D eigenvalue weighted by atomic mass is 10.1. The molecule has 8 heteroatoms. The minimum atomic E-state index is -0.384. The van der Waals surface area contributed by atoms with Gasteiger partial charge in [-0.25, -0.2) is 14.1 Å². The van der Waals surface area contributed by atoms with E-state index in [0.717, 1.165) is 17.0 Å². The Kier molecular flexibility index (Phi) is 7.63. The fourth-order valence-corrected chi connectivity index (χ4v) is 3.86. The van der Waals surface area contributed by atoms with Crippen molar-refractivity contribution < 1.29 is 13.9 Å². The van der Waals surface area contributed by atoms with E-state index in [2.05, 4.69) is 5.32 Å². The molecule has 1 aromatic heterocycles. The summed E-state index contributed by atoms with van der Waals surface area (Å²) in [4.78, 5) is 18.1. The van der Waals surface area contributed by atoms with Crippen molar-refractivity contribution in [1.29, 1.82) is 0 Å². The Hall–Kier alpha value is -4.20. The van der Waals surface area contributed by atoms with Crippen molar-refractivity contribution >= 4 is 17.3 Å². The average molecular weight is 488 g/mol. The molecule has 0 radical (unpaired) electrons. The van der Waals surface area contributed by atoms with Gasteiger partial charge < -0.3 is 15.0 Å². The highest BCUT2D eigenvalue weighted by Crippen LogP contribution is 2.26. The van der Waals surface area contributed by atoms with Gasteiger partial charge in [0, 0.05) is 38.8 Å². The third-order valence-corrected chi connectivity index (χ3v) is 5.67. The average Bonchev–Trinajstić information content (AvgIpc) is 3.26. The zero-order valence-electron chi connectivity index (χ0n) is 20.9. The first-order valence-electron chi connectivity index (χ1n) is 11.8. The van der Waals surface area contributed by atoms with Crippen molar-refractivity contribution in [3.05, 3.63) is 90.0 Å². The standard InChI is InChI=1S/C28H30FN5O2/c1-19(18-36-24-11-6-5-7-12-24)34-27(16-21-9-8-10-22(15-21)30-20(2)35)31-28(32-34)25-14-13-23(33(3)4)17-26(25)29/h5-15,17,19H,16,18H2,1-4H3,(H,30,35). The summed E-state index contributed by atoms with van der Waals surface area (Å²) < 4.78 is 22.8. The van der Waals surface area contributed by atoms with Gasteiger partial charge >= 0.3 is 0 Å². The molecule has 0 aliphatic heterocycles. The number of hydrogen-bond donors (Lipinski definition) is 1. The molecule has 1 heterocycles. The maximum atomic E-state index is 15.0. The molecule has 4 rings (SSSR count). The minimum Gasteiger partial charge on any atom is -0.491 e. The molecule has 3 aromatic carbocycles. The maximum absolute atomic E-state index is 15.0. The van der Waals surface area contributed by atoms with E-state index in [1.54, 1.807) is 10.7 Å². The van der Waals surface area contributed by atoms with E-state index >= 15 is 4.39 Å². The number of hydrogen-bond acceptors (Lipinski definition) is 5. The number of aromatic nitrogens is 3. The van der Waals surface area contributed by atoms with Crippen LogP contribution in [-0.2, 0) is 11.2 Å². The van der Waals surface area contributed by atoms with Crippen molar-refractivity contribution in [2.45, 2.75) is 26.3 Å². The first kappa shape index (κ1) is 24.9. The fraction of sp³-hybridized carbons (Fsp3) is 0.250. The Labute approximate surface area is 210 Å². The SMILES string of the molecule is CC(=O)Nc1cccc(Cc2nc(-c3ccc(N(C)C)cc3F)nn2C(C)COc2ccccc2)c1. The monoisotopic (exact) mass is 487 g/mol. The lowest BCUT2D eigenvalue weighted by Gasteiger charge is -2.16. The van der Waals surface area contributed by atoms with Crippen LogP contribution in [0.5, 0.6) is 5.75 Å². The Morgan fingerprint density at radius 1 is 1.08 bits per heavy atom. The van der Waals surface area contributed by atoms with Crippen LogP contribution in [0.25, 0.3) is 11.4 Å². The third kappa shape index (κ3) is 6.07. The highest BCUT2D eigenvalue weighted by atomic mass is 19.1. The van der Waals surface area contributed by atoms with Gasteiger partial charge in [0.2, 0.25) is 5.91 Å². The molecule has 7 nitrogen and oxygen atoms in total. The van der Waals surface area contributed by atoms with Crippen LogP contribution in [0.4, 0.5) is 15.8 Å². The molecule has 0 spiro atoms. The van der Waals surface area contributed by atoms with Gasteiger partial charge in [-0.15, -0.1) is 0 Å². The summed E-state index contributed by atoms with van der Waals surface area (Å²) in [5.74, 6) is 1.23. The highest BCUT2D eigenvalue weighted by Gasteiger charge is 2.20. The van der Waals surface area contributed by atoms with Crippen molar-refractivity contribution in [2.75, 3.05) is 30.9 Å². The lowest BCUT2D eigenvalue weighted by molar-refractivity contribution is -0.114. The lowest BCUT2D eigenvalue weighted by Crippen LogP contribution is -2.18. The third-order valence-electron chi connectivity index (χ3n) is 5.67. The quantitative estimate of drug-likeness (QED) is 0.345. The van der Waals surface area contributed by atoms with Gasteiger partial charge in [0.05, 0.1) is 11.6 Å². The van der Waals surface area contributed by atoms with E-state index in [0.29, 0.717) is 35.9 Å². The summed E-state index contributed by atoms with van der Waals surface area (Å²) in [5, 5.41) is 7.50. The second-order valence-corrected chi connectivity index (χ2v) is 8.89. The number of para-hydroxylation sites is 1. The summed E-state index contributed by atoms with van der Waals surface area (Å²) in [5.41, 5.74) is 2.75. The molecule has 36 heavy (non-hydrogen) atoms. The predicted molar refractivity (Wildman–Crippen MR) is 140 cm³/mol. The van der Waals surface area contributed by atoms with E-state index in [-0.39, 0.29) is 17.8 Å². The molecule has 1 N–H and O–H groups in total. The smallest absolute Gasteiger partial charge is 0.221 e. The van der Waals surface area contributed by atoms with Crippen molar-refractivity contribution in [3.63, 3.8) is 0 Å². The minimum absolute atomic E-state index is 0.138. The van der Waals surface area contributed by atoms with Gasteiger partial charge in [0.1, 0.15) is 24.0 Å². The molecule has 186 valence electrons. The summed E-state index contributed by atoms with van der Waals surface area (Å²) in [6.45, 7) is 3.83. The number of carbonyl (C=O) groups excluding carboxylic acids is 1. The first-order chi connectivity index (χ1) is 17.3. The second-order valence-electron chi connectivity index (χ2n) is 8.89.